The van der Waals surface area contributed by atoms with Crippen LogP contribution in [0, 0.1) is 5.13 Å². The molecule has 3 nitrogen and oxygen atoms in total. The summed E-state index contributed by atoms with van der Waals surface area (Å²) in [4.78, 5) is 15.2. The first-order chi connectivity index (χ1) is 13.0. The van der Waals surface area contributed by atoms with Crippen LogP contribution in [0.25, 0.3) is 0 Å². The minimum absolute atomic E-state index is 0.142. The molecule has 0 aliphatic carbocycles. The van der Waals surface area contributed by atoms with Crippen molar-refractivity contribution in [3.05, 3.63) is 68.4 Å². The van der Waals surface area contributed by atoms with Crippen LogP contribution in [0.3, 0.4) is 0 Å². The van der Waals surface area contributed by atoms with E-state index in [4.69, 9.17) is 11.6 Å². The minimum Gasteiger partial charge on any atom is -0.360 e. The van der Waals surface area contributed by atoms with E-state index in [1.54, 1.807) is 27.0 Å². The summed E-state index contributed by atoms with van der Waals surface area (Å²) in [6.07, 6.45) is 1.74. The molecule has 0 bridgehead atoms. The number of carbonyl (C=O) groups excluding carboxylic acids is 1. The zero-order chi connectivity index (χ0) is 20.9. The number of rotatable bonds is 3. The molecule has 1 aromatic heterocycles. The molecule has 8 heteroatoms. The number of likely N-dealkylation sites (N-methyl/N-ethyl adjacent to an activating group) is 1. The van der Waals surface area contributed by atoms with Crippen LogP contribution in [-0.4, -0.2) is 17.9 Å². The predicted octanol–water partition coefficient (Wildman–Crippen LogP) is 5.57. The number of hydrogen-bond acceptors (Lipinski definition) is 3. The fourth-order valence-electron chi connectivity index (χ4n) is 3.57. The molecule has 1 aliphatic heterocycles. The Morgan fingerprint density at radius 3 is 2.39 bits per heavy atom. The molecule has 2 aromatic rings. The van der Waals surface area contributed by atoms with Crippen LogP contribution >= 0.6 is 22.9 Å². The van der Waals surface area contributed by atoms with Gasteiger partial charge in [-0.2, -0.15) is 4.39 Å². The summed E-state index contributed by atoms with van der Waals surface area (Å²) >= 11 is 7.13. The number of benzene rings is 1. The van der Waals surface area contributed by atoms with E-state index in [0.717, 1.165) is 18.3 Å². The zero-order valence-corrected chi connectivity index (χ0v) is 17.4. The average molecular weight is 429 g/mol. The van der Waals surface area contributed by atoms with Crippen molar-refractivity contribution in [1.29, 1.82) is 0 Å². The second-order valence-corrected chi connectivity index (χ2v) is 8.48. The lowest BCUT2D eigenvalue weighted by Crippen LogP contribution is -2.57. The van der Waals surface area contributed by atoms with Crippen LogP contribution in [0.1, 0.15) is 42.7 Å². The van der Waals surface area contributed by atoms with Crippen molar-refractivity contribution in [2.75, 3.05) is 7.05 Å². The first-order valence-electron chi connectivity index (χ1n) is 8.64. The molecule has 1 unspecified atom stereocenters. The van der Waals surface area contributed by atoms with E-state index < -0.39 is 22.5 Å². The minimum atomic E-state index is -2.98. The molecule has 1 aliphatic rings. The molecule has 0 saturated carbocycles. The second-order valence-electron chi connectivity index (χ2n) is 7.07. The number of hydrogen-bond donors (Lipinski definition) is 1. The maximum Gasteiger partial charge on any atom is 0.270 e. The number of thiophene rings is 1. The highest BCUT2D eigenvalue weighted by Gasteiger charge is 2.49. The molecule has 1 fully saturated rings. The Morgan fingerprint density at radius 2 is 1.93 bits per heavy atom. The Balaban J connectivity index is 2.17. The van der Waals surface area contributed by atoms with Gasteiger partial charge in [0.2, 0.25) is 5.91 Å². The van der Waals surface area contributed by atoms with Crippen LogP contribution in [0.4, 0.5) is 13.2 Å². The number of amides is 1. The lowest BCUT2D eigenvalue weighted by Gasteiger charge is -2.46. The molecule has 150 valence electrons. The maximum absolute atomic E-state index is 13.9. The number of nitrogens with zero attached hydrogens (tertiary/aromatic N) is 1. The molecule has 0 spiro atoms. The topological polar surface area (TPSA) is 32.3 Å². The number of carbonyl (C=O) groups is 1. The average Bonchev–Trinajstić information content (AvgIpc) is 2.97. The van der Waals surface area contributed by atoms with E-state index in [1.165, 1.54) is 35.2 Å². The molecule has 28 heavy (non-hydrogen) atoms. The Hall–Kier alpha value is -1.99. The Morgan fingerprint density at radius 1 is 1.32 bits per heavy atom. The van der Waals surface area contributed by atoms with Gasteiger partial charge in [0.1, 0.15) is 5.82 Å². The number of allylic oxidation sites excluding steroid dienone is 1. The normalized spacial score (nSPS) is 24.6. The quantitative estimate of drug-likeness (QED) is 0.692. The molecular weight excluding hydrogens is 409 g/mol. The van der Waals surface area contributed by atoms with Crippen molar-refractivity contribution in [3.8, 4) is 0 Å². The second kappa shape index (κ2) is 7.12. The molecule has 1 N–H and O–H groups in total. The Labute approximate surface area is 170 Å². The van der Waals surface area contributed by atoms with Crippen LogP contribution in [0.15, 0.2) is 42.2 Å². The highest BCUT2D eigenvalue weighted by Crippen LogP contribution is 2.47. The predicted molar refractivity (Wildman–Crippen MR) is 105 cm³/mol. The monoisotopic (exact) mass is 428 g/mol. The van der Waals surface area contributed by atoms with Crippen LogP contribution in [0.2, 0.25) is 5.02 Å². The summed E-state index contributed by atoms with van der Waals surface area (Å²) in [5.74, 6) is -3.44. The third kappa shape index (κ3) is 3.42. The van der Waals surface area contributed by atoms with Gasteiger partial charge in [-0.15, -0.1) is 11.3 Å². The number of halogens is 4. The summed E-state index contributed by atoms with van der Waals surface area (Å²) in [6.45, 7) is 4.37. The van der Waals surface area contributed by atoms with E-state index in [-0.39, 0.29) is 16.5 Å². The highest BCUT2D eigenvalue weighted by molar-refractivity contribution is 7.11. The third-order valence-corrected chi connectivity index (χ3v) is 6.63. The van der Waals surface area contributed by atoms with Gasteiger partial charge in [0.15, 0.2) is 5.13 Å². The smallest absolute Gasteiger partial charge is 0.270 e. The van der Waals surface area contributed by atoms with Crippen LogP contribution in [-0.2, 0) is 16.3 Å². The standard InChI is InChI=1S/C20H20ClF3N2OS/c1-5-15-25-19(2,17-13(21)10-14(22)28-17)16(18(27)26(15)4)11-6-8-12(9-7-11)20(3,23)24/h5-10,16,25H,1-4H3/b15-5-/t16?,19-/m0/s1. The molecule has 1 aromatic carbocycles. The van der Waals surface area contributed by atoms with Crippen molar-refractivity contribution in [2.45, 2.75) is 38.2 Å². The fraction of sp³-hybridized carbons (Fsp3) is 0.350. The number of alkyl halides is 2. The van der Waals surface area contributed by atoms with Gasteiger partial charge < -0.3 is 10.2 Å². The summed E-state index contributed by atoms with van der Waals surface area (Å²) < 4.78 is 41.1. The van der Waals surface area contributed by atoms with E-state index in [0.29, 0.717) is 16.3 Å². The van der Waals surface area contributed by atoms with Crippen LogP contribution < -0.4 is 5.32 Å². The molecule has 0 radical (unpaired) electrons. The van der Waals surface area contributed by atoms with E-state index >= 15 is 0 Å². The van der Waals surface area contributed by atoms with Gasteiger partial charge in [-0.05, 0) is 25.5 Å². The largest absolute Gasteiger partial charge is 0.360 e. The van der Waals surface area contributed by atoms with Gasteiger partial charge in [0.25, 0.3) is 5.92 Å². The first-order valence-corrected chi connectivity index (χ1v) is 9.84. The molecule has 3 rings (SSSR count). The van der Waals surface area contributed by atoms with Crippen molar-refractivity contribution >= 4 is 28.8 Å². The molecule has 2 heterocycles. The van der Waals surface area contributed by atoms with Crippen LogP contribution in [0.5, 0.6) is 0 Å². The molecule has 2 atom stereocenters. The van der Waals surface area contributed by atoms with Crippen molar-refractivity contribution in [3.63, 3.8) is 0 Å². The van der Waals surface area contributed by atoms with Gasteiger partial charge in [-0.25, -0.2) is 8.78 Å². The number of nitrogens with one attached hydrogen (secondary N) is 1. The van der Waals surface area contributed by atoms with E-state index in [1.807, 2.05) is 0 Å². The summed E-state index contributed by atoms with van der Waals surface area (Å²) in [5, 5.41) is 3.05. The van der Waals surface area contributed by atoms with Gasteiger partial charge in [-0.1, -0.05) is 35.9 Å². The zero-order valence-electron chi connectivity index (χ0n) is 15.8. The van der Waals surface area contributed by atoms with E-state index in [9.17, 15) is 18.0 Å². The van der Waals surface area contributed by atoms with E-state index in [2.05, 4.69) is 5.32 Å². The molecule has 1 amide bonds. The Kier molecular flexibility index (Phi) is 5.27. The summed E-state index contributed by atoms with van der Waals surface area (Å²) in [7, 11) is 1.63. The van der Waals surface area contributed by atoms with Gasteiger partial charge >= 0.3 is 0 Å². The van der Waals surface area contributed by atoms with Crippen molar-refractivity contribution in [1.82, 2.24) is 10.2 Å². The van der Waals surface area contributed by atoms with Gasteiger partial charge in [0, 0.05) is 25.6 Å². The van der Waals surface area contributed by atoms with Gasteiger partial charge in [0.05, 0.1) is 21.4 Å². The lowest BCUT2D eigenvalue weighted by molar-refractivity contribution is -0.134. The molecular formula is C20H20ClF3N2OS. The third-order valence-electron chi connectivity index (χ3n) is 5.06. The first kappa shape index (κ1) is 20.7. The highest BCUT2D eigenvalue weighted by atomic mass is 35.5. The fourth-order valence-corrected chi connectivity index (χ4v) is 4.96. The maximum atomic E-state index is 13.9. The Bertz CT molecular complexity index is 936. The molecule has 1 saturated heterocycles. The van der Waals surface area contributed by atoms with Crippen molar-refractivity contribution in [2.24, 2.45) is 0 Å². The summed E-state index contributed by atoms with van der Waals surface area (Å²) in [6, 6.07) is 6.86. The SMILES string of the molecule is C/C=C1/N[C@](C)(c2sc(F)cc2Cl)C(c2ccc(C(C)(F)F)cc2)C(=O)N1C. The van der Waals surface area contributed by atoms with Gasteiger partial charge in [-0.3, -0.25) is 4.79 Å². The summed E-state index contributed by atoms with van der Waals surface area (Å²) in [5.41, 5.74) is -0.648. The van der Waals surface area contributed by atoms with Crippen molar-refractivity contribution < 1.29 is 18.0 Å². The lowest BCUT2D eigenvalue weighted by atomic mass is 9.76.